The Kier molecular flexibility index (Phi) is 3.94. The molecule has 0 fully saturated rings. The molecule has 0 amide bonds. The first-order valence-electron chi connectivity index (χ1n) is 4.80. The van der Waals surface area contributed by atoms with Crippen LogP contribution in [0.15, 0.2) is 48.5 Å². The Bertz CT molecular complexity index is 416. The van der Waals surface area contributed by atoms with Gasteiger partial charge in [-0.25, -0.2) is 0 Å². The third-order valence-electron chi connectivity index (χ3n) is 2.14. The summed E-state index contributed by atoms with van der Waals surface area (Å²) in [6.45, 7) is 0. The van der Waals surface area contributed by atoms with Crippen molar-refractivity contribution in [2.75, 3.05) is 0 Å². The molecule has 0 saturated carbocycles. The van der Waals surface area contributed by atoms with Crippen molar-refractivity contribution in [2.24, 2.45) is 0 Å². The molecule has 1 aliphatic heterocycles. The molecule has 0 unspecified atom stereocenters. The Morgan fingerprint density at radius 1 is 0.438 bits per heavy atom. The molecular formula is C12H8Se4. The molecule has 1 aliphatic rings. The predicted molar refractivity (Wildman–Crippen MR) is 74.4 cm³/mol. The Morgan fingerprint density at radius 2 is 0.688 bits per heavy atom. The van der Waals surface area contributed by atoms with Crippen LogP contribution in [0.5, 0.6) is 0 Å². The van der Waals surface area contributed by atoms with E-state index in [1.165, 1.54) is 0 Å². The summed E-state index contributed by atoms with van der Waals surface area (Å²) >= 11 is 2.77. The quantitative estimate of drug-likeness (QED) is 0.416. The van der Waals surface area contributed by atoms with E-state index in [-0.39, 0.29) is 0 Å². The summed E-state index contributed by atoms with van der Waals surface area (Å²) in [4.78, 5) is 0. The maximum atomic E-state index is 2.35. The van der Waals surface area contributed by atoms with Gasteiger partial charge in [-0.15, -0.1) is 0 Å². The Balaban J connectivity index is 1.97. The maximum absolute atomic E-state index is 2.35. The molecule has 0 bridgehead atoms. The van der Waals surface area contributed by atoms with E-state index in [0.717, 1.165) is 0 Å². The van der Waals surface area contributed by atoms with E-state index in [9.17, 15) is 0 Å². The fourth-order valence-corrected chi connectivity index (χ4v) is 22.1. The average molecular weight is 468 g/mol. The third kappa shape index (κ3) is 2.51. The Morgan fingerprint density at radius 3 is 0.938 bits per heavy atom. The van der Waals surface area contributed by atoms with E-state index in [1.807, 2.05) is 0 Å². The van der Waals surface area contributed by atoms with E-state index >= 15 is 0 Å². The van der Waals surface area contributed by atoms with Crippen molar-refractivity contribution in [2.45, 2.75) is 0 Å². The normalized spacial score (nSPS) is 14.5. The summed E-state index contributed by atoms with van der Waals surface area (Å²) in [6.07, 6.45) is 0. The molecular weight excluding hydrogens is 460 g/mol. The van der Waals surface area contributed by atoms with Crippen molar-refractivity contribution < 1.29 is 0 Å². The molecule has 2 aromatic rings. The predicted octanol–water partition coefficient (Wildman–Crippen LogP) is -1.45. The molecule has 0 nitrogen and oxygen atoms in total. The first-order valence-corrected chi connectivity index (χ1v) is 16.9. The van der Waals surface area contributed by atoms with E-state index in [4.69, 9.17) is 0 Å². The van der Waals surface area contributed by atoms with Crippen LogP contribution in [0, 0.1) is 0 Å². The van der Waals surface area contributed by atoms with Crippen LogP contribution in [0.2, 0.25) is 0 Å². The summed E-state index contributed by atoms with van der Waals surface area (Å²) < 4.78 is 6.69. The van der Waals surface area contributed by atoms with Crippen molar-refractivity contribution in [1.82, 2.24) is 0 Å². The van der Waals surface area contributed by atoms with Crippen molar-refractivity contribution >= 4 is 70.4 Å². The second kappa shape index (κ2) is 5.44. The Hall–Kier alpha value is 0.518. The monoisotopic (exact) mass is 472 g/mol. The van der Waals surface area contributed by atoms with Gasteiger partial charge in [0.15, 0.2) is 0 Å². The molecule has 0 atom stereocenters. The van der Waals surface area contributed by atoms with Gasteiger partial charge >= 0.3 is 119 Å². The molecule has 3 rings (SSSR count). The molecule has 0 N–H and O–H groups in total. The molecule has 0 spiro atoms. The molecule has 0 radical (unpaired) electrons. The topological polar surface area (TPSA) is 0 Å². The molecule has 0 aromatic heterocycles. The molecule has 0 saturated heterocycles. The average Bonchev–Trinajstić information content (AvgIpc) is 2.32. The number of hydrogen-bond acceptors (Lipinski definition) is 0. The Labute approximate surface area is 118 Å². The van der Waals surface area contributed by atoms with Crippen LogP contribution >= 0.6 is 0 Å². The minimum atomic E-state index is 0.692. The molecule has 4 heteroatoms. The summed E-state index contributed by atoms with van der Waals surface area (Å²) in [5, 5.41) is 0. The van der Waals surface area contributed by atoms with E-state index in [0.29, 0.717) is 52.5 Å². The van der Waals surface area contributed by atoms with Crippen LogP contribution in [0.1, 0.15) is 0 Å². The zero-order valence-corrected chi connectivity index (χ0v) is 15.1. The number of rotatable bonds is 0. The van der Waals surface area contributed by atoms with Gasteiger partial charge in [-0.1, -0.05) is 0 Å². The van der Waals surface area contributed by atoms with Crippen molar-refractivity contribution in [1.29, 1.82) is 0 Å². The van der Waals surface area contributed by atoms with Gasteiger partial charge in [0, 0.05) is 0 Å². The van der Waals surface area contributed by atoms with Gasteiger partial charge in [0.05, 0.1) is 0 Å². The van der Waals surface area contributed by atoms with Crippen molar-refractivity contribution in [3.05, 3.63) is 48.5 Å². The molecule has 2 aromatic carbocycles. The zero-order valence-electron chi connectivity index (χ0n) is 8.25. The van der Waals surface area contributed by atoms with Gasteiger partial charge in [0.25, 0.3) is 0 Å². The van der Waals surface area contributed by atoms with Gasteiger partial charge in [-0.05, 0) is 0 Å². The first kappa shape index (κ1) is 11.6. The van der Waals surface area contributed by atoms with Gasteiger partial charge in [-0.2, -0.15) is 0 Å². The summed E-state index contributed by atoms with van der Waals surface area (Å²) in [6, 6.07) is 18.2. The number of fused-ring (bicyclic) bond motifs is 2. The number of benzene rings is 2. The van der Waals surface area contributed by atoms with Crippen LogP contribution in [0.25, 0.3) is 0 Å². The molecule has 16 heavy (non-hydrogen) atoms. The summed E-state index contributed by atoms with van der Waals surface area (Å²) in [5.74, 6) is 0. The standard InChI is InChI=1S/C12H8Se4/c1-2-6-10-9(5-1)13-15-11-7-3-4-8-12(11)16-14-10/h1-8H. The SMILES string of the molecule is c1ccc2c(c1)[Se][Se]c1ccccc1[Se][Se]2. The van der Waals surface area contributed by atoms with Crippen LogP contribution in [0.3, 0.4) is 0 Å². The van der Waals surface area contributed by atoms with E-state index in [1.54, 1.807) is 17.8 Å². The fraction of sp³-hybridized carbons (Fsp3) is 0. The van der Waals surface area contributed by atoms with E-state index < -0.39 is 0 Å². The summed E-state index contributed by atoms with van der Waals surface area (Å²) in [5.41, 5.74) is 0. The second-order valence-corrected chi connectivity index (χ2v) is 15.6. The van der Waals surface area contributed by atoms with Gasteiger partial charge in [0.1, 0.15) is 0 Å². The minimum absolute atomic E-state index is 0.692. The molecule has 0 aliphatic carbocycles. The summed E-state index contributed by atoms with van der Waals surface area (Å²) in [7, 11) is 0. The first-order chi connectivity index (χ1) is 7.93. The van der Waals surface area contributed by atoms with Gasteiger partial charge < -0.3 is 0 Å². The second-order valence-electron chi connectivity index (χ2n) is 3.23. The van der Waals surface area contributed by atoms with Crippen molar-refractivity contribution in [3.63, 3.8) is 0 Å². The van der Waals surface area contributed by atoms with Crippen LogP contribution < -0.4 is 17.8 Å². The van der Waals surface area contributed by atoms with E-state index in [2.05, 4.69) is 48.5 Å². The van der Waals surface area contributed by atoms with Crippen LogP contribution in [-0.2, 0) is 0 Å². The third-order valence-corrected chi connectivity index (χ3v) is 17.9. The molecule has 80 valence electrons. The number of hydrogen-bond donors (Lipinski definition) is 0. The zero-order chi connectivity index (χ0) is 10.8. The van der Waals surface area contributed by atoms with Gasteiger partial charge in [-0.3, -0.25) is 0 Å². The fourth-order valence-electron chi connectivity index (χ4n) is 1.36. The van der Waals surface area contributed by atoms with Crippen LogP contribution in [0.4, 0.5) is 0 Å². The van der Waals surface area contributed by atoms with Crippen LogP contribution in [-0.4, -0.2) is 52.5 Å². The molecule has 1 heterocycles. The van der Waals surface area contributed by atoms with Gasteiger partial charge in [0.2, 0.25) is 0 Å². The van der Waals surface area contributed by atoms with Crippen molar-refractivity contribution in [3.8, 4) is 0 Å².